The third kappa shape index (κ3) is 3.50. The van der Waals surface area contributed by atoms with E-state index < -0.39 is 0 Å². The van der Waals surface area contributed by atoms with Crippen molar-refractivity contribution in [1.29, 1.82) is 0 Å². The molecule has 7 heteroatoms. The Labute approximate surface area is 190 Å². The first-order chi connectivity index (χ1) is 16.2. The highest BCUT2D eigenvalue weighted by atomic mass is 19.1. The van der Waals surface area contributed by atoms with Gasteiger partial charge in [0.05, 0.1) is 29.9 Å². The summed E-state index contributed by atoms with van der Waals surface area (Å²) in [5.74, 6) is 0.566. The van der Waals surface area contributed by atoms with Crippen molar-refractivity contribution in [2.75, 3.05) is 6.54 Å². The Bertz CT molecular complexity index is 1410. The van der Waals surface area contributed by atoms with Crippen LogP contribution in [0, 0.1) is 5.82 Å². The lowest BCUT2D eigenvalue weighted by Crippen LogP contribution is -2.39. The summed E-state index contributed by atoms with van der Waals surface area (Å²) in [5, 5.41) is 5.11. The van der Waals surface area contributed by atoms with Crippen molar-refractivity contribution in [3.63, 3.8) is 0 Å². The lowest BCUT2D eigenvalue weighted by molar-refractivity contribution is 0.0703. The fraction of sp³-hybridized carbons (Fsp3) is 0.231. The van der Waals surface area contributed by atoms with E-state index in [0.717, 1.165) is 63.9 Å². The number of benzene rings is 2. The van der Waals surface area contributed by atoms with E-state index in [2.05, 4.69) is 16.2 Å². The number of fused-ring (bicyclic) bond motifs is 3. The number of amides is 1. The molecule has 0 N–H and O–H groups in total. The van der Waals surface area contributed by atoms with Crippen molar-refractivity contribution in [2.45, 2.75) is 32.4 Å². The Morgan fingerprint density at radius 3 is 2.76 bits per heavy atom. The number of para-hydroxylation sites is 1. The highest BCUT2D eigenvalue weighted by Gasteiger charge is 2.30. The largest absolute Gasteiger partial charge is 0.329 e. The Kier molecular flexibility index (Phi) is 4.75. The van der Waals surface area contributed by atoms with Crippen molar-refractivity contribution in [1.82, 2.24) is 24.6 Å². The molecule has 2 aromatic carbocycles. The van der Waals surface area contributed by atoms with Crippen LogP contribution in [0.25, 0.3) is 22.6 Å². The predicted octanol–water partition coefficient (Wildman–Crippen LogP) is 4.50. The first-order valence-electron chi connectivity index (χ1n) is 11.2. The maximum Gasteiger partial charge on any atom is 0.255 e. The number of nitrogens with zero attached hydrogens (tertiary/aromatic N) is 5. The second kappa shape index (κ2) is 7.92. The Morgan fingerprint density at radius 1 is 1.03 bits per heavy atom. The molecule has 0 atom stereocenters. The standard InChI is InChI=1S/C26H22FN5O/c27-19-10-8-17(9-11-19)14-18-4-3-6-21-24(20-5-1-2-7-22(20)30-25(18)21)26(33)31-12-13-32-23(15-31)28-16-29-32/h1-2,5,7-11,14,16H,3-4,6,12-13,15H2/b18-14-. The highest BCUT2D eigenvalue weighted by Crippen LogP contribution is 2.37. The van der Waals surface area contributed by atoms with E-state index in [1.54, 1.807) is 18.5 Å². The summed E-state index contributed by atoms with van der Waals surface area (Å²) in [6.07, 6.45) is 6.22. The van der Waals surface area contributed by atoms with Gasteiger partial charge in [0.1, 0.15) is 18.0 Å². The maximum absolute atomic E-state index is 13.9. The quantitative estimate of drug-likeness (QED) is 0.461. The normalized spacial score (nSPS) is 16.6. The molecule has 1 aliphatic carbocycles. The van der Waals surface area contributed by atoms with Gasteiger partial charge in [0.15, 0.2) is 0 Å². The zero-order valence-corrected chi connectivity index (χ0v) is 18.0. The van der Waals surface area contributed by atoms with Gasteiger partial charge in [-0.25, -0.2) is 19.0 Å². The van der Waals surface area contributed by atoms with Crippen LogP contribution in [-0.4, -0.2) is 37.1 Å². The average molecular weight is 439 g/mol. The molecule has 0 saturated heterocycles. The van der Waals surface area contributed by atoms with E-state index in [9.17, 15) is 9.18 Å². The van der Waals surface area contributed by atoms with Crippen LogP contribution in [0.3, 0.4) is 0 Å². The van der Waals surface area contributed by atoms with Crippen LogP contribution in [0.4, 0.5) is 4.39 Å². The Balaban J connectivity index is 1.48. The number of aromatic nitrogens is 4. The fourth-order valence-electron chi connectivity index (χ4n) is 4.87. The van der Waals surface area contributed by atoms with Gasteiger partial charge in [0.2, 0.25) is 0 Å². The topological polar surface area (TPSA) is 63.9 Å². The van der Waals surface area contributed by atoms with Crippen molar-refractivity contribution in [3.8, 4) is 0 Å². The SMILES string of the molecule is O=C(c1c2c(nc3ccccc13)/C(=C\c1ccc(F)cc1)CCC2)N1CCn2ncnc2C1. The summed E-state index contributed by atoms with van der Waals surface area (Å²) in [7, 11) is 0. The third-order valence-electron chi connectivity index (χ3n) is 6.49. The molecule has 0 spiro atoms. The van der Waals surface area contributed by atoms with Crippen LogP contribution in [0.5, 0.6) is 0 Å². The minimum absolute atomic E-state index is 0.0159. The molecule has 164 valence electrons. The van der Waals surface area contributed by atoms with Gasteiger partial charge in [-0.2, -0.15) is 5.10 Å². The molecular weight excluding hydrogens is 417 g/mol. The minimum Gasteiger partial charge on any atom is -0.329 e. The van der Waals surface area contributed by atoms with Gasteiger partial charge in [0, 0.05) is 11.9 Å². The summed E-state index contributed by atoms with van der Waals surface area (Å²) in [4.78, 5) is 25.1. The number of rotatable bonds is 2. The second-order valence-corrected chi connectivity index (χ2v) is 8.53. The van der Waals surface area contributed by atoms with E-state index in [4.69, 9.17) is 4.98 Å². The highest BCUT2D eigenvalue weighted by molar-refractivity contribution is 6.09. The molecule has 2 aliphatic rings. The van der Waals surface area contributed by atoms with Crippen LogP contribution in [0.15, 0.2) is 54.9 Å². The number of halogens is 1. The molecule has 0 bridgehead atoms. The number of carbonyl (C=O) groups is 1. The average Bonchev–Trinajstić information content (AvgIpc) is 3.32. The predicted molar refractivity (Wildman–Crippen MR) is 124 cm³/mol. The smallest absolute Gasteiger partial charge is 0.255 e. The molecule has 1 aliphatic heterocycles. The van der Waals surface area contributed by atoms with Crippen molar-refractivity contribution >= 4 is 28.5 Å². The molecule has 0 radical (unpaired) electrons. The van der Waals surface area contributed by atoms with E-state index in [1.165, 1.54) is 12.1 Å². The first kappa shape index (κ1) is 19.8. The van der Waals surface area contributed by atoms with Crippen LogP contribution in [-0.2, 0) is 19.5 Å². The van der Waals surface area contributed by atoms with Crippen LogP contribution < -0.4 is 0 Å². The third-order valence-corrected chi connectivity index (χ3v) is 6.49. The molecule has 1 amide bonds. The molecule has 2 aromatic heterocycles. The number of pyridine rings is 1. The van der Waals surface area contributed by atoms with Gasteiger partial charge in [-0.1, -0.05) is 30.3 Å². The van der Waals surface area contributed by atoms with E-state index in [1.807, 2.05) is 33.8 Å². The summed E-state index contributed by atoms with van der Waals surface area (Å²) in [6, 6.07) is 14.3. The van der Waals surface area contributed by atoms with Gasteiger partial charge in [-0.15, -0.1) is 0 Å². The van der Waals surface area contributed by atoms with Crippen molar-refractivity contribution in [3.05, 3.63) is 88.9 Å². The maximum atomic E-state index is 13.9. The van der Waals surface area contributed by atoms with Gasteiger partial charge < -0.3 is 4.90 Å². The summed E-state index contributed by atoms with van der Waals surface area (Å²) < 4.78 is 15.2. The number of carbonyl (C=O) groups excluding carboxylic acids is 1. The molecular formula is C26H22FN5O. The molecule has 0 fully saturated rings. The first-order valence-corrected chi connectivity index (χ1v) is 11.2. The molecule has 4 aromatic rings. The lowest BCUT2D eigenvalue weighted by Gasteiger charge is -2.29. The van der Waals surface area contributed by atoms with Crippen LogP contribution in [0.2, 0.25) is 0 Å². The monoisotopic (exact) mass is 439 g/mol. The lowest BCUT2D eigenvalue weighted by atomic mass is 9.85. The molecule has 6 rings (SSSR count). The van der Waals surface area contributed by atoms with Crippen LogP contribution in [0.1, 0.15) is 45.8 Å². The van der Waals surface area contributed by atoms with E-state index in [0.29, 0.717) is 19.6 Å². The minimum atomic E-state index is -0.254. The number of hydrogen-bond acceptors (Lipinski definition) is 4. The zero-order valence-electron chi connectivity index (χ0n) is 18.0. The van der Waals surface area contributed by atoms with Crippen LogP contribution >= 0.6 is 0 Å². The van der Waals surface area contributed by atoms with Crippen molar-refractivity contribution < 1.29 is 9.18 Å². The van der Waals surface area contributed by atoms with Gasteiger partial charge in [0.25, 0.3) is 5.91 Å². The van der Waals surface area contributed by atoms with E-state index in [-0.39, 0.29) is 11.7 Å². The van der Waals surface area contributed by atoms with Gasteiger partial charge in [-0.05, 0) is 60.2 Å². The Hall–Kier alpha value is -3.87. The fourth-order valence-corrected chi connectivity index (χ4v) is 4.87. The molecule has 0 unspecified atom stereocenters. The summed E-state index contributed by atoms with van der Waals surface area (Å²) in [5.41, 5.74) is 5.46. The number of allylic oxidation sites excluding steroid dienone is 1. The number of hydrogen-bond donors (Lipinski definition) is 0. The molecule has 6 nitrogen and oxygen atoms in total. The summed E-state index contributed by atoms with van der Waals surface area (Å²) >= 11 is 0. The summed E-state index contributed by atoms with van der Waals surface area (Å²) in [6.45, 7) is 1.68. The van der Waals surface area contributed by atoms with Gasteiger partial charge in [-0.3, -0.25) is 4.79 Å². The Morgan fingerprint density at radius 2 is 1.88 bits per heavy atom. The molecule has 33 heavy (non-hydrogen) atoms. The van der Waals surface area contributed by atoms with Crippen molar-refractivity contribution in [2.24, 2.45) is 0 Å². The van der Waals surface area contributed by atoms with E-state index >= 15 is 0 Å². The molecule has 0 saturated carbocycles. The second-order valence-electron chi connectivity index (χ2n) is 8.53. The zero-order chi connectivity index (χ0) is 22.4. The van der Waals surface area contributed by atoms with Gasteiger partial charge >= 0.3 is 0 Å². The molecule has 3 heterocycles.